The molecule has 3 rings (SSSR count). The zero-order valence-corrected chi connectivity index (χ0v) is 10.9. The van der Waals surface area contributed by atoms with Crippen molar-refractivity contribution in [2.24, 2.45) is 0 Å². The zero-order chi connectivity index (χ0) is 14.1. The van der Waals surface area contributed by atoms with Gasteiger partial charge in [0.2, 0.25) is 0 Å². The zero-order valence-electron chi connectivity index (χ0n) is 10.9. The van der Waals surface area contributed by atoms with Gasteiger partial charge in [-0.25, -0.2) is 4.79 Å². The minimum absolute atomic E-state index is 0.283. The van der Waals surface area contributed by atoms with Gasteiger partial charge in [-0.3, -0.25) is 9.69 Å². The summed E-state index contributed by atoms with van der Waals surface area (Å²) in [6.07, 6.45) is -0.269. The molecule has 1 saturated heterocycles. The Morgan fingerprint density at radius 2 is 2.15 bits per heavy atom. The van der Waals surface area contributed by atoms with Crippen molar-refractivity contribution in [2.75, 3.05) is 24.6 Å². The van der Waals surface area contributed by atoms with Gasteiger partial charge in [-0.05, 0) is 11.6 Å². The average Bonchev–Trinajstić information content (AvgIpc) is 2.87. The Morgan fingerprint density at radius 1 is 1.35 bits per heavy atom. The topological polar surface area (TPSA) is 78.9 Å². The fourth-order valence-corrected chi connectivity index (χ4v) is 2.74. The first-order valence-corrected chi connectivity index (χ1v) is 6.64. The van der Waals surface area contributed by atoms with E-state index in [1.54, 1.807) is 6.07 Å². The minimum atomic E-state index is -0.988. The number of fused-ring (bicyclic) bond motifs is 1. The van der Waals surface area contributed by atoms with Crippen LogP contribution in [0.4, 0.5) is 5.69 Å². The predicted octanol–water partition coefficient (Wildman–Crippen LogP) is 0.0173. The molecule has 0 spiro atoms. The molecule has 2 atom stereocenters. The molecule has 0 radical (unpaired) electrons. The standard InChI is InChI=1S/C14H16N2O4/c17-13(12-8-15-5-6-20-12)16-10-4-2-1-3-9(10)7-11(16)14(18)19/h1-4,11-12,15H,5-8H2,(H,18,19)/t11-,12?/m0/s1. The number of hydrogen-bond donors (Lipinski definition) is 2. The lowest BCUT2D eigenvalue weighted by Crippen LogP contribution is -2.53. The molecule has 6 nitrogen and oxygen atoms in total. The number of benzene rings is 1. The minimum Gasteiger partial charge on any atom is -0.480 e. The van der Waals surface area contributed by atoms with Crippen molar-refractivity contribution in [1.29, 1.82) is 0 Å². The Bertz CT molecular complexity index is 540. The number of carboxylic acids is 1. The number of carboxylic acid groups (broad SMARTS) is 1. The van der Waals surface area contributed by atoms with Crippen LogP contribution in [0.2, 0.25) is 0 Å². The van der Waals surface area contributed by atoms with E-state index in [2.05, 4.69) is 5.32 Å². The number of anilines is 1. The number of rotatable bonds is 2. The quantitative estimate of drug-likeness (QED) is 0.796. The van der Waals surface area contributed by atoms with Gasteiger partial charge in [0.1, 0.15) is 12.1 Å². The van der Waals surface area contributed by atoms with Gasteiger partial charge in [0, 0.05) is 25.2 Å². The highest BCUT2D eigenvalue weighted by atomic mass is 16.5. The monoisotopic (exact) mass is 276 g/mol. The van der Waals surface area contributed by atoms with Gasteiger partial charge in [0.25, 0.3) is 5.91 Å². The van der Waals surface area contributed by atoms with Crippen LogP contribution < -0.4 is 10.2 Å². The van der Waals surface area contributed by atoms with Crippen LogP contribution in [0, 0.1) is 0 Å². The number of nitrogens with one attached hydrogen (secondary N) is 1. The fraction of sp³-hybridized carbons (Fsp3) is 0.429. The van der Waals surface area contributed by atoms with E-state index >= 15 is 0 Å². The average molecular weight is 276 g/mol. The summed E-state index contributed by atoms with van der Waals surface area (Å²) in [5.41, 5.74) is 1.57. The normalized spacial score (nSPS) is 25.3. The van der Waals surface area contributed by atoms with Crippen molar-refractivity contribution in [3.63, 3.8) is 0 Å². The maximum Gasteiger partial charge on any atom is 0.327 e. The number of morpholine rings is 1. The van der Waals surface area contributed by atoms with Crippen molar-refractivity contribution < 1.29 is 19.4 Å². The molecule has 2 aliphatic heterocycles. The molecule has 2 aliphatic rings. The van der Waals surface area contributed by atoms with Crippen LogP contribution in [0.25, 0.3) is 0 Å². The third-order valence-corrected chi connectivity index (χ3v) is 3.70. The molecule has 1 amide bonds. The Labute approximate surface area is 116 Å². The Hall–Kier alpha value is -1.92. The number of amides is 1. The molecular weight excluding hydrogens is 260 g/mol. The van der Waals surface area contributed by atoms with Gasteiger partial charge < -0.3 is 15.2 Å². The fourth-order valence-electron chi connectivity index (χ4n) is 2.74. The molecule has 2 N–H and O–H groups in total. The highest BCUT2D eigenvalue weighted by Crippen LogP contribution is 2.33. The molecular formula is C14H16N2O4. The summed E-state index contributed by atoms with van der Waals surface area (Å²) in [4.78, 5) is 25.4. The number of carbonyl (C=O) groups is 2. The molecule has 1 aromatic carbocycles. The second kappa shape index (κ2) is 5.22. The van der Waals surface area contributed by atoms with Crippen LogP contribution in [-0.4, -0.2) is 48.8 Å². The van der Waals surface area contributed by atoms with Crippen molar-refractivity contribution >= 4 is 17.6 Å². The van der Waals surface area contributed by atoms with Gasteiger partial charge in [-0.1, -0.05) is 18.2 Å². The lowest BCUT2D eigenvalue weighted by molar-refractivity contribution is -0.142. The van der Waals surface area contributed by atoms with E-state index in [0.717, 1.165) is 5.56 Å². The number of ether oxygens (including phenoxy) is 1. The van der Waals surface area contributed by atoms with E-state index in [9.17, 15) is 14.7 Å². The summed E-state index contributed by atoms with van der Waals surface area (Å²) in [6.45, 7) is 1.59. The lowest BCUT2D eigenvalue weighted by Gasteiger charge is -2.29. The van der Waals surface area contributed by atoms with Crippen LogP contribution in [0.1, 0.15) is 5.56 Å². The van der Waals surface area contributed by atoms with Gasteiger partial charge in [-0.15, -0.1) is 0 Å². The Kier molecular flexibility index (Phi) is 3.42. The summed E-state index contributed by atoms with van der Waals surface area (Å²) >= 11 is 0. The second-order valence-corrected chi connectivity index (χ2v) is 4.96. The Morgan fingerprint density at radius 3 is 2.85 bits per heavy atom. The molecule has 20 heavy (non-hydrogen) atoms. The first kappa shape index (κ1) is 13.1. The SMILES string of the molecule is O=C(O)[C@@H]1Cc2ccccc2N1C(=O)C1CNCCO1. The third kappa shape index (κ3) is 2.17. The molecule has 0 saturated carbocycles. The molecule has 0 aliphatic carbocycles. The van der Waals surface area contributed by atoms with Gasteiger partial charge in [0.15, 0.2) is 0 Å². The van der Waals surface area contributed by atoms with Crippen LogP contribution in [-0.2, 0) is 20.7 Å². The highest BCUT2D eigenvalue weighted by Gasteiger charge is 2.41. The van der Waals surface area contributed by atoms with E-state index in [0.29, 0.717) is 31.8 Å². The van der Waals surface area contributed by atoms with Gasteiger partial charge in [-0.2, -0.15) is 0 Å². The third-order valence-electron chi connectivity index (χ3n) is 3.70. The predicted molar refractivity (Wildman–Crippen MR) is 71.7 cm³/mol. The first-order valence-electron chi connectivity index (χ1n) is 6.64. The molecule has 1 unspecified atom stereocenters. The van der Waals surface area contributed by atoms with Crippen LogP contribution in [0.3, 0.4) is 0 Å². The number of nitrogens with zero attached hydrogens (tertiary/aromatic N) is 1. The molecule has 0 aromatic heterocycles. The number of carbonyl (C=O) groups excluding carboxylic acids is 1. The molecule has 2 heterocycles. The van der Waals surface area contributed by atoms with Crippen LogP contribution >= 0.6 is 0 Å². The van der Waals surface area contributed by atoms with Gasteiger partial charge in [0.05, 0.1) is 6.61 Å². The van der Waals surface area contributed by atoms with Crippen molar-refractivity contribution in [2.45, 2.75) is 18.6 Å². The maximum absolute atomic E-state index is 12.6. The molecule has 1 fully saturated rings. The lowest BCUT2D eigenvalue weighted by atomic mass is 10.1. The van der Waals surface area contributed by atoms with E-state index in [1.165, 1.54) is 4.90 Å². The molecule has 6 heteroatoms. The Balaban J connectivity index is 1.91. The summed E-state index contributed by atoms with van der Waals surface area (Å²) in [5.74, 6) is -1.27. The smallest absolute Gasteiger partial charge is 0.327 e. The van der Waals surface area contributed by atoms with Crippen molar-refractivity contribution in [1.82, 2.24) is 5.32 Å². The van der Waals surface area contributed by atoms with E-state index in [4.69, 9.17) is 4.74 Å². The van der Waals surface area contributed by atoms with Gasteiger partial charge >= 0.3 is 5.97 Å². The van der Waals surface area contributed by atoms with Crippen molar-refractivity contribution in [3.8, 4) is 0 Å². The summed E-state index contributed by atoms with van der Waals surface area (Å²) in [7, 11) is 0. The van der Waals surface area contributed by atoms with E-state index in [1.807, 2.05) is 18.2 Å². The second-order valence-electron chi connectivity index (χ2n) is 4.96. The van der Waals surface area contributed by atoms with Crippen LogP contribution in [0.15, 0.2) is 24.3 Å². The number of hydrogen-bond acceptors (Lipinski definition) is 4. The molecule has 106 valence electrons. The number of para-hydroxylation sites is 1. The molecule has 1 aromatic rings. The van der Waals surface area contributed by atoms with E-state index < -0.39 is 18.1 Å². The highest BCUT2D eigenvalue weighted by molar-refractivity contribution is 6.04. The molecule has 0 bridgehead atoms. The van der Waals surface area contributed by atoms with Crippen LogP contribution in [0.5, 0.6) is 0 Å². The number of aliphatic carboxylic acids is 1. The summed E-state index contributed by atoms with van der Waals surface area (Å²) in [6, 6.07) is 6.46. The summed E-state index contributed by atoms with van der Waals surface area (Å²) in [5, 5.41) is 12.4. The van der Waals surface area contributed by atoms with Crippen molar-refractivity contribution in [3.05, 3.63) is 29.8 Å². The first-order chi connectivity index (χ1) is 9.68. The summed E-state index contributed by atoms with van der Waals surface area (Å²) < 4.78 is 5.45. The van der Waals surface area contributed by atoms with E-state index in [-0.39, 0.29) is 5.91 Å². The maximum atomic E-state index is 12.6. The largest absolute Gasteiger partial charge is 0.480 e.